The van der Waals surface area contributed by atoms with Gasteiger partial charge >= 0.3 is 5.63 Å². The molecule has 0 saturated heterocycles. The van der Waals surface area contributed by atoms with E-state index in [2.05, 4.69) is 17.2 Å². The van der Waals surface area contributed by atoms with Crippen molar-refractivity contribution < 1.29 is 13.9 Å². The number of amides is 1. The van der Waals surface area contributed by atoms with Gasteiger partial charge in [0.2, 0.25) is 0 Å². The molecule has 0 unspecified atom stereocenters. The molecule has 6 heteroatoms. The van der Waals surface area contributed by atoms with Crippen molar-refractivity contribution in [3.63, 3.8) is 0 Å². The lowest BCUT2D eigenvalue weighted by atomic mass is 10.0. The highest BCUT2D eigenvalue weighted by Crippen LogP contribution is 2.29. The van der Waals surface area contributed by atoms with Gasteiger partial charge in [0.05, 0.1) is 0 Å². The quantitative estimate of drug-likeness (QED) is 0.634. The van der Waals surface area contributed by atoms with Gasteiger partial charge in [0, 0.05) is 36.0 Å². The highest BCUT2D eigenvalue weighted by Gasteiger charge is 2.18. The van der Waals surface area contributed by atoms with Gasteiger partial charge in [0.15, 0.2) is 6.10 Å². The van der Waals surface area contributed by atoms with Crippen LogP contribution >= 0.6 is 0 Å². The molecule has 0 aliphatic rings. The van der Waals surface area contributed by atoms with E-state index in [-0.39, 0.29) is 11.5 Å². The fourth-order valence-electron chi connectivity index (χ4n) is 3.09. The highest BCUT2D eigenvalue weighted by molar-refractivity contribution is 5.85. The number of benzene rings is 1. The second-order valence-electron chi connectivity index (χ2n) is 6.75. The molecule has 146 valence electrons. The largest absolute Gasteiger partial charge is 0.480 e. The average Bonchev–Trinajstić information content (AvgIpc) is 2.69. The van der Waals surface area contributed by atoms with Crippen molar-refractivity contribution >= 4 is 16.9 Å². The van der Waals surface area contributed by atoms with Gasteiger partial charge in [-0.1, -0.05) is 19.4 Å². The lowest BCUT2D eigenvalue weighted by molar-refractivity contribution is -0.127. The summed E-state index contributed by atoms with van der Waals surface area (Å²) >= 11 is 0. The Kier molecular flexibility index (Phi) is 6.09. The van der Waals surface area contributed by atoms with Gasteiger partial charge < -0.3 is 14.5 Å². The van der Waals surface area contributed by atoms with Crippen molar-refractivity contribution in [1.82, 2.24) is 10.3 Å². The molecule has 0 fully saturated rings. The Hall–Kier alpha value is -3.15. The van der Waals surface area contributed by atoms with Crippen LogP contribution in [0.2, 0.25) is 0 Å². The maximum Gasteiger partial charge on any atom is 0.336 e. The molecule has 0 aliphatic carbocycles. The van der Waals surface area contributed by atoms with Gasteiger partial charge in [-0.05, 0) is 49.6 Å². The van der Waals surface area contributed by atoms with E-state index in [9.17, 15) is 9.59 Å². The van der Waals surface area contributed by atoms with Crippen LogP contribution in [0.15, 0.2) is 51.9 Å². The molecule has 2 heterocycles. The molecule has 3 aromatic rings. The average molecular weight is 380 g/mol. The van der Waals surface area contributed by atoms with Crippen LogP contribution in [0.4, 0.5) is 0 Å². The summed E-state index contributed by atoms with van der Waals surface area (Å²) in [6.07, 6.45) is 4.43. The van der Waals surface area contributed by atoms with Crippen molar-refractivity contribution in [1.29, 1.82) is 0 Å². The Labute approximate surface area is 163 Å². The number of fused-ring (bicyclic) bond motifs is 1. The third-order valence-corrected chi connectivity index (χ3v) is 4.58. The summed E-state index contributed by atoms with van der Waals surface area (Å²) in [6, 6.07) is 8.95. The van der Waals surface area contributed by atoms with E-state index < -0.39 is 6.10 Å². The smallest absolute Gasteiger partial charge is 0.336 e. The Balaban J connectivity index is 1.77. The van der Waals surface area contributed by atoms with Crippen LogP contribution in [-0.4, -0.2) is 17.0 Å². The Morgan fingerprint density at radius 2 is 2.14 bits per heavy atom. The lowest BCUT2D eigenvalue weighted by Crippen LogP contribution is -2.36. The Bertz CT molecular complexity index is 1030. The number of rotatable bonds is 7. The zero-order chi connectivity index (χ0) is 20.1. The summed E-state index contributed by atoms with van der Waals surface area (Å²) in [6.45, 7) is 5.96. The summed E-state index contributed by atoms with van der Waals surface area (Å²) in [5, 5.41) is 3.74. The number of carbonyl (C=O) groups is 1. The lowest BCUT2D eigenvalue weighted by Gasteiger charge is -2.17. The summed E-state index contributed by atoms with van der Waals surface area (Å²) in [7, 11) is 0. The van der Waals surface area contributed by atoms with Crippen LogP contribution in [0.25, 0.3) is 11.0 Å². The topological polar surface area (TPSA) is 81.4 Å². The molecule has 0 spiro atoms. The molecule has 0 aliphatic heterocycles. The van der Waals surface area contributed by atoms with Crippen LogP contribution in [0.3, 0.4) is 0 Å². The SMILES string of the molecule is CCCc1cc(=O)oc2c(C)c(O[C@H](C)C(=O)NCc3cccnc3)ccc12. The van der Waals surface area contributed by atoms with Gasteiger partial charge in [-0.15, -0.1) is 0 Å². The Morgan fingerprint density at radius 1 is 1.32 bits per heavy atom. The van der Waals surface area contributed by atoms with E-state index in [1.165, 1.54) is 0 Å². The van der Waals surface area contributed by atoms with E-state index in [1.807, 2.05) is 31.2 Å². The molecule has 0 saturated carbocycles. The van der Waals surface area contributed by atoms with Gasteiger partial charge in [0.1, 0.15) is 11.3 Å². The number of hydrogen-bond acceptors (Lipinski definition) is 5. The van der Waals surface area contributed by atoms with E-state index in [4.69, 9.17) is 9.15 Å². The standard InChI is InChI=1S/C22H24N2O4/c1-4-6-17-11-20(25)28-21-14(2)19(9-8-18(17)21)27-15(3)22(26)24-13-16-7-5-10-23-12-16/h5,7-12,15H,4,6,13H2,1-3H3,(H,24,26)/t15-/m1/s1. The Morgan fingerprint density at radius 3 is 2.86 bits per heavy atom. The highest BCUT2D eigenvalue weighted by atomic mass is 16.5. The zero-order valence-corrected chi connectivity index (χ0v) is 16.3. The molecule has 0 radical (unpaired) electrons. The predicted molar refractivity (Wildman–Crippen MR) is 107 cm³/mol. The molecule has 3 rings (SSSR count). The first-order valence-corrected chi connectivity index (χ1v) is 9.39. The molecule has 2 aromatic heterocycles. The molecule has 1 atom stereocenters. The number of nitrogens with one attached hydrogen (secondary N) is 1. The van der Waals surface area contributed by atoms with Crippen molar-refractivity contribution in [3.8, 4) is 5.75 Å². The van der Waals surface area contributed by atoms with Crippen molar-refractivity contribution in [3.05, 3.63) is 69.8 Å². The number of hydrogen-bond donors (Lipinski definition) is 1. The summed E-state index contributed by atoms with van der Waals surface area (Å²) in [5.41, 5.74) is 2.72. The third-order valence-electron chi connectivity index (χ3n) is 4.58. The molecule has 1 amide bonds. The van der Waals surface area contributed by atoms with Gasteiger partial charge in [0.25, 0.3) is 5.91 Å². The van der Waals surface area contributed by atoms with Gasteiger partial charge in [-0.25, -0.2) is 4.79 Å². The first-order chi connectivity index (χ1) is 13.5. The van der Waals surface area contributed by atoms with Crippen molar-refractivity contribution in [2.45, 2.75) is 46.3 Å². The monoisotopic (exact) mass is 380 g/mol. The van der Waals surface area contributed by atoms with Crippen molar-refractivity contribution in [2.75, 3.05) is 0 Å². The van der Waals surface area contributed by atoms with Crippen LogP contribution < -0.4 is 15.7 Å². The maximum absolute atomic E-state index is 12.4. The number of carbonyl (C=O) groups excluding carboxylic acids is 1. The predicted octanol–water partition coefficient (Wildman–Crippen LogP) is 3.53. The van der Waals surface area contributed by atoms with Crippen molar-refractivity contribution in [2.24, 2.45) is 0 Å². The normalized spacial score (nSPS) is 12.0. The first-order valence-electron chi connectivity index (χ1n) is 9.39. The molecular formula is C22H24N2O4. The second-order valence-corrected chi connectivity index (χ2v) is 6.75. The van der Waals surface area contributed by atoms with E-state index in [0.29, 0.717) is 23.4 Å². The summed E-state index contributed by atoms with van der Waals surface area (Å²) in [4.78, 5) is 28.3. The van der Waals surface area contributed by atoms with E-state index in [0.717, 1.165) is 29.4 Å². The number of aromatic nitrogens is 1. The fraction of sp³-hybridized carbons (Fsp3) is 0.318. The minimum atomic E-state index is -0.696. The first kappa shape index (κ1) is 19.6. The van der Waals surface area contributed by atoms with Gasteiger partial charge in [-0.3, -0.25) is 9.78 Å². The number of aryl methyl sites for hydroxylation is 2. The molecule has 28 heavy (non-hydrogen) atoms. The van der Waals surface area contributed by atoms with Gasteiger partial charge in [-0.2, -0.15) is 0 Å². The minimum Gasteiger partial charge on any atom is -0.480 e. The molecule has 1 N–H and O–H groups in total. The zero-order valence-electron chi connectivity index (χ0n) is 16.3. The molecule has 6 nitrogen and oxygen atoms in total. The maximum atomic E-state index is 12.4. The number of ether oxygens (including phenoxy) is 1. The fourth-order valence-corrected chi connectivity index (χ4v) is 3.09. The van der Waals surface area contributed by atoms with Crippen LogP contribution in [0.1, 0.15) is 37.0 Å². The third kappa shape index (κ3) is 4.39. The van der Waals surface area contributed by atoms with Crippen LogP contribution in [-0.2, 0) is 17.8 Å². The molecular weight excluding hydrogens is 356 g/mol. The van der Waals surface area contributed by atoms with Crippen LogP contribution in [0.5, 0.6) is 5.75 Å². The second kappa shape index (κ2) is 8.69. The molecule has 1 aromatic carbocycles. The van der Waals surface area contributed by atoms with Crippen LogP contribution in [0, 0.1) is 6.92 Å². The molecule has 0 bridgehead atoms. The van der Waals surface area contributed by atoms with E-state index in [1.54, 1.807) is 25.4 Å². The minimum absolute atomic E-state index is 0.232. The number of pyridine rings is 1. The van der Waals surface area contributed by atoms with E-state index >= 15 is 0 Å². The summed E-state index contributed by atoms with van der Waals surface area (Å²) < 4.78 is 11.3. The number of nitrogens with zero attached hydrogens (tertiary/aromatic N) is 1. The summed E-state index contributed by atoms with van der Waals surface area (Å²) in [5.74, 6) is 0.290.